The molecular weight excluding hydrogens is 564 g/mol. The Bertz CT molecular complexity index is 1550. The summed E-state index contributed by atoms with van der Waals surface area (Å²) in [5, 5.41) is 6.35. The van der Waals surface area contributed by atoms with Gasteiger partial charge in [-0.3, -0.25) is 4.98 Å². The Kier molecular flexibility index (Phi) is 9.13. The van der Waals surface area contributed by atoms with Crippen molar-refractivity contribution in [1.82, 2.24) is 14.6 Å². The molecule has 40 heavy (non-hydrogen) atoms. The van der Waals surface area contributed by atoms with Gasteiger partial charge in [0.25, 0.3) is 0 Å². The number of nitrogens with one attached hydrogen (secondary N) is 2. The molecule has 0 saturated heterocycles. The van der Waals surface area contributed by atoms with E-state index in [0.29, 0.717) is 22.9 Å². The zero-order valence-electron chi connectivity index (χ0n) is 20.9. The van der Waals surface area contributed by atoms with Crippen LogP contribution in [0.1, 0.15) is 22.3 Å². The monoisotopic (exact) mass is 588 g/mol. The van der Waals surface area contributed by atoms with Crippen molar-refractivity contribution in [3.8, 4) is 0 Å². The van der Waals surface area contributed by atoms with Gasteiger partial charge in [-0.25, -0.2) is 12.8 Å². The van der Waals surface area contributed by atoms with Crippen LogP contribution < -0.4 is 10.6 Å². The van der Waals surface area contributed by atoms with E-state index in [1.807, 2.05) is 12.1 Å². The van der Waals surface area contributed by atoms with Crippen molar-refractivity contribution in [2.75, 3.05) is 5.32 Å². The quantitative estimate of drug-likeness (QED) is 0.181. The van der Waals surface area contributed by atoms with E-state index in [1.54, 1.807) is 12.4 Å². The molecule has 0 amide bonds. The molecule has 0 saturated carbocycles. The summed E-state index contributed by atoms with van der Waals surface area (Å²) in [4.78, 5) is 3.89. The van der Waals surface area contributed by atoms with E-state index in [0.717, 1.165) is 22.0 Å². The molecule has 0 aliphatic rings. The minimum absolute atomic E-state index is 0.0669. The summed E-state index contributed by atoms with van der Waals surface area (Å²) in [5.74, 6) is -0.493. The highest BCUT2D eigenvalue weighted by atomic mass is 32.2. The normalized spacial score (nSPS) is 11.8. The zero-order valence-corrected chi connectivity index (χ0v) is 22.5. The number of aromatic nitrogens is 1. The molecule has 4 rings (SSSR count). The Labute approximate surface area is 234 Å². The van der Waals surface area contributed by atoms with Crippen molar-refractivity contribution in [2.24, 2.45) is 0 Å². The second kappa shape index (κ2) is 12.5. The van der Waals surface area contributed by atoms with E-state index in [9.17, 15) is 26.0 Å². The predicted octanol–water partition coefficient (Wildman–Crippen LogP) is 6.12. The lowest BCUT2D eigenvalue weighted by Gasteiger charge is -2.23. The first-order valence-electron chi connectivity index (χ1n) is 12.0. The molecule has 208 valence electrons. The Morgan fingerprint density at radius 1 is 0.850 bits per heavy atom. The van der Waals surface area contributed by atoms with E-state index in [4.69, 9.17) is 12.2 Å². The van der Waals surface area contributed by atoms with Crippen LogP contribution in [0.25, 0.3) is 0 Å². The number of benzene rings is 3. The number of sulfonamides is 1. The fourth-order valence-electron chi connectivity index (χ4n) is 3.79. The zero-order chi connectivity index (χ0) is 28.8. The molecule has 6 nitrogen and oxygen atoms in total. The molecule has 2 N–H and O–H groups in total. The molecule has 1 heterocycles. The van der Waals surface area contributed by atoms with Gasteiger partial charge in [-0.2, -0.15) is 17.5 Å². The highest BCUT2D eigenvalue weighted by molar-refractivity contribution is 7.89. The predicted molar refractivity (Wildman–Crippen MR) is 148 cm³/mol. The van der Waals surface area contributed by atoms with Crippen LogP contribution in [-0.2, 0) is 35.8 Å². The topological polar surface area (TPSA) is 74.3 Å². The molecule has 1 aromatic heterocycles. The number of nitrogens with zero attached hydrogens (tertiary/aromatic N) is 2. The largest absolute Gasteiger partial charge is 0.416 e. The average Bonchev–Trinajstić information content (AvgIpc) is 2.93. The summed E-state index contributed by atoms with van der Waals surface area (Å²) in [6.45, 7) is -0.0385. The Morgan fingerprint density at radius 3 is 2.15 bits per heavy atom. The lowest BCUT2D eigenvalue weighted by molar-refractivity contribution is -0.137. The van der Waals surface area contributed by atoms with Crippen molar-refractivity contribution >= 4 is 33.0 Å². The molecule has 0 fully saturated rings. The molecule has 0 atom stereocenters. The fraction of sp³-hybridized carbons (Fsp3) is 0.143. The van der Waals surface area contributed by atoms with E-state index >= 15 is 0 Å². The maximum Gasteiger partial charge on any atom is 0.416 e. The average molecular weight is 589 g/mol. The van der Waals surface area contributed by atoms with Gasteiger partial charge >= 0.3 is 6.18 Å². The van der Waals surface area contributed by atoms with Gasteiger partial charge in [0.1, 0.15) is 5.82 Å². The molecule has 12 heteroatoms. The van der Waals surface area contributed by atoms with Crippen LogP contribution in [0.3, 0.4) is 0 Å². The molecular formula is C28H24F4N4O2S2. The maximum absolute atomic E-state index is 13.6. The van der Waals surface area contributed by atoms with Gasteiger partial charge in [0.15, 0.2) is 5.11 Å². The van der Waals surface area contributed by atoms with Crippen LogP contribution in [-0.4, -0.2) is 22.8 Å². The third-order valence-corrected chi connectivity index (χ3v) is 7.89. The van der Waals surface area contributed by atoms with Crippen molar-refractivity contribution in [3.63, 3.8) is 0 Å². The number of hydrogen-bond donors (Lipinski definition) is 2. The first kappa shape index (κ1) is 29.1. The summed E-state index contributed by atoms with van der Waals surface area (Å²) in [6, 6.07) is 19.2. The fourth-order valence-corrected chi connectivity index (χ4v) is 5.39. The second-order valence-corrected chi connectivity index (χ2v) is 11.1. The van der Waals surface area contributed by atoms with E-state index in [1.165, 1.54) is 60.7 Å². The number of hydrogen-bond acceptors (Lipinski definition) is 4. The smallest absolute Gasteiger partial charge is 0.358 e. The minimum Gasteiger partial charge on any atom is -0.358 e. The van der Waals surface area contributed by atoms with Gasteiger partial charge in [0.05, 0.1) is 10.5 Å². The van der Waals surface area contributed by atoms with Crippen LogP contribution in [0, 0.1) is 5.82 Å². The van der Waals surface area contributed by atoms with Crippen molar-refractivity contribution in [2.45, 2.75) is 30.7 Å². The molecule has 4 aromatic rings. The van der Waals surface area contributed by atoms with E-state index in [2.05, 4.69) is 15.6 Å². The van der Waals surface area contributed by atoms with Crippen LogP contribution in [0.5, 0.6) is 0 Å². The summed E-state index contributed by atoms with van der Waals surface area (Å²) >= 11 is 5.30. The number of halogens is 4. The van der Waals surface area contributed by atoms with Gasteiger partial charge in [0, 0.05) is 37.7 Å². The van der Waals surface area contributed by atoms with Crippen LogP contribution in [0.2, 0.25) is 0 Å². The number of pyridine rings is 1. The highest BCUT2D eigenvalue weighted by Crippen LogP contribution is 2.30. The lowest BCUT2D eigenvalue weighted by Crippen LogP contribution is -2.30. The summed E-state index contributed by atoms with van der Waals surface area (Å²) in [7, 11) is -4.17. The Balaban J connectivity index is 1.53. The molecule has 0 aliphatic heterocycles. The number of thiocarbonyl (C=S) groups is 1. The van der Waals surface area contributed by atoms with Gasteiger partial charge < -0.3 is 10.6 Å². The third kappa shape index (κ3) is 7.84. The van der Waals surface area contributed by atoms with Gasteiger partial charge in [-0.1, -0.05) is 30.3 Å². The lowest BCUT2D eigenvalue weighted by atomic mass is 10.1. The molecule has 3 aromatic carbocycles. The first-order chi connectivity index (χ1) is 19.0. The highest BCUT2D eigenvalue weighted by Gasteiger charge is 2.31. The number of rotatable bonds is 9. The Morgan fingerprint density at radius 2 is 1.50 bits per heavy atom. The number of anilines is 1. The first-order valence-corrected chi connectivity index (χ1v) is 13.8. The summed E-state index contributed by atoms with van der Waals surface area (Å²) < 4.78 is 81.6. The van der Waals surface area contributed by atoms with E-state index in [-0.39, 0.29) is 23.5 Å². The molecule has 0 spiro atoms. The molecule has 0 radical (unpaired) electrons. The summed E-state index contributed by atoms with van der Waals surface area (Å²) in [5.41, 5.74) is 1.26. The van der Waals surface area contributed by atoms with Crippen LogP contribution >= 0.6 is 12.2 Å². The minimum atomic E-state index is -4.58. The van der Waals surface area contributed by atoms with Gasteiger partial charge in [0.2, 0.25) is 10.0 Å². The van der Waals surface area contributed by atoms with Gasteiger partial charge in [-0.15, -0.1) is 0 Å². The second-order valence-electron chi connectivity index (χ2n) is 8.79. The third-order valence-electron chi connectivity index (χ3n) is 5.84. The van der Waals surface area contributed by atoms with Crippen molar-refractivity contribution < 1.29 is 26.0 Å². The maximum atomic E-state index is 13.6. The Hall–Kier alpha value is -3.87. The standard InChI is InChI=1S/C28H24F4N4O2S2/c29-24-6-4-21(5-7-24)18-36(19-22-2-1-3-23(16-22)28(30,31)32)40(37,38)26-10-8-25(9-11-26)35-27(39)34-17-20-12-14-33-15-13-20/h1-16H,17-19H2,(H2,34,35,39). The van der Waals surface area contributed by atoms with Gasteiger partial charge in [-0.05, 0) is 83.5 Å². The van der Waals surface area contributed by atoms with Crippen molar-refractivity contribution in [3.05, 3.63) is 125 Å². The summed E-state index contributed by atoms with van der Waals surface area (Å²) in [6.07, 6.45) is -1.24. The molecule has 0 bridgehead atoms. The van der Waals surface area contributed by atoms with Crippen LogP contribution in [0.15, 0.2) is 102 Å². The SMILES string of the molecule is O=S(=O)(c1ccc(NC(=S)NCc2ccncc2)cc1)N(Cc1ccc(F)cc1)Cc1cccc(C(F)(F)F)c1. The van der Waals surface area contributed by atoms with E-state index < -0.39 is 27.6 Å². The van der Waals surface area contributed by atoms with Crippen LogP contribution in [0.4, 0.5) is 23.2 Å². The van der Waals surface area contributed by atoms with Crippen molar-refractivity contribution in [1.29, 1.82) is 0 Å². The molecule has 0 unspecified atom stereocenters. The number of alkyl halides is 3. The molecule has 0 aliphatic carbocycles.